The summed E-state index contributed by atoms with van der Waals surface area (Å²) in [6.45, 7) is 6.25. The Morgan fingerprint density at radius 3 is 2.67 bits per heavy atom. The van der Waals surface area contributed by atoms with Crippen LogP contribution in [0.3, 0.4) is 0 Å². The molecule has 100 valence electrons. The zero-order valence-electron chi connectivity index (χ0n) is 10.9. The Morgan fingerprint density at radius 2 is 2.00 bits per heavy atom. The van der Waals surface area contributed by atoms with Crippen LogP contribution < -0.4 is 5.32 Å². The van der Waals surface area contributed by atoms with Crippen molar-refractivity contribution < 1.29 is 10.2 Å². The van der Waals surface area contributed by atoms with Crippen LogP contribution in [0.4, 0.5) is 0 Å². The summed E-state index contributed by atoms with van der Waals surface area (Å²) >= 11 is 0. The van der Waals surface area contributed by atoms with Gasteiger partial charge in [-0.05, 0) is 38.9 Å². The predicted octanol–water partition coefficient (Wildman–Crippen LogP) is 1.67. The largest absolute Gasteiger partial charge is 0.508 e. The lowest BCUT2D eigenvalue weighted by Gasteiger charge is -2.21. The van der Waals surface area contributed by atoms with Crippen LogP contribution in [0.5, 0.6) is 11.5 Å². The lowest BCUT2D eigenvalue weighted by molar-refractivity contribution is 0.297. The number of rotatable bonds is 5. The molecule has 0 aromatic heterocycles. The fourth-order valence-electron chi connectivity index (χ4n) is 2.40. The van der Waals surface area contributed by atoms with Gasteiger partial charge in [-0.2, -0.15) is 0 Å². The number of likely N-dealkylation sites (tertiary alicyclic amines) is 1. The number of hydrogen-bond acceptors (Lipinski definition) is 4. The van der Waals surface area contributed by atoms with E-state index in [1.807, 2.05) is 0 Å². The van der Waals surface area contributed by atoms with E-state index in [1.165, 1.54) is 32.0 Å². The standard InChI is InChI=1S/C14H22N2O2/c1-11(10-16-6-2-3-7-16)15-9-12-4-5-13(17)8-14(12)18/h4-5,8,11,15,17-18H,2-3,6-7,9-10H2,1H3. The molecule has 0 saturated carbocycles. The molecule has 0 radical (unpaired) electrons. The van der Waals surface area contributed by atoms with Gasteiger partial charge in [-0.25, -0.2) is 0 Å². The van der Waals surface area contributed by atoms with Crippen molar-refractivity contribution in [3.8, 4) is 11.5 Å². The van der Waals surface area contributed by atoms with Gasteiger partial charge in [0.25, 0.3) is 0 Å². The molecule has 1 aromatic carbocycles. The summed E-state index contributed by atoms with van der Waals surface area (Å²) in [5.74, 6) is 0.247. The SMILES string of the molecule is CC(CN1CCCC1)NCc1ccc(O)cc1O. The van der Waals surface area contributed by atoms with Crippen molar-refractivity contribution in [1.82, 2.24) is 10.2 Å². The van der Waals surface area contributed by atoms with Crippen LogP contribution >= 0.6 is 0 Å². The molecule has 1 fully saturated rings. The van der Waals surface area contributed by atoms with Gasteiger partial charge in [0.1, 0.15) is 11.5 Å². The maximum atomic E-state index is 9.68. The van der Waals surface area contributed by atoms with Crippen LogP contribution in [0.1, 0.15) is 25.3 Å². The van der Waals surface area contributed by atoms with E-state index in [9.17, 15) is 10.2 Å². The molecule has 1 heterocycles. The Kier molecular flexibility index (Phi) is 4.44. The molecular formula is C14H22N2O2. The summed E-state index contributed by atoms with van der Waals surface area (Å²) in [6, 6.07) is 5.13. The normalized spacial score (nSPS) is 18.1. The third-order valence-corrected chi connectivity index (χ3v) is 3.44. The molecule has 1 saturated heterocycles. The number of benzene rings is 1. The van der Waals surface area contributed by atoms with Gasteiger partial charge in [0, 0.05) is 30.8 Å². The zero-order chi connectivity index (χ0) is 13.0. The molecule has 1 aliphatic heterocycles. The van der Waals surface area contributed by atoms with Gasteiger partial charge < -0.3 is 20.4 Å². The summed E-state index contributed by atoms with van der Waals surface area (Å²) in [5, 5.41) is 22.3. The average molecular weight is 250 g/mol. The van der Waals surface area contributed by atoms with Crippen molar-refractivity contribution >= 4 is 0 Å². The van der Waals surface area contributed by atoms with E-state index in [0.29, 0.717) is 12.6 Å². The van der Waals surface area contributed by atoms with Gasteiger partial charge in [-0.1, -0.05) is 6.07 Å². The second-order valence-electron chi connectivity index (χ2n) is 5.10. The van der Waals surface area contributed by atoms with Crippen LogP contribution in [0.2, 0.25) is 0 Å². The first-order chi connectivity index (χ1) is 8.65. The molecule has 3 N–H and O–H groups in total. The van der Waals surface area contributed by atoms with Gasteiger partial charge in [-0.15, -0.1) is 0 Å². The molecule has 0 spiro atoms. The minimum atomic E-state index is 0.0985. The smallest absolute Gasteiger partial charge is 0.123 e. The van der Waals surface area contributed by atoms with Gasteiger partial charge >= 0.3 is 0 Å². The van der Waals surface area contributed by atoms with Crippen LogP contribution in [-0.2, 0) is 6.54 Å². The highest BCUT2D eigenvalue weighted by Gasteiger charge is 2.14. The molecular weight excluding hydrogens is 228 g/mol. The van der Waals surface area contributed by atoms with E-state index < -0.39 is 0 Å². The second-order valence-corrected chi connectivity index (χ2v) is 5.10. The molecule has 0 aliphatic carbocycles. The summed E-state index contributed by atoms with van der Waals surface area (Å²) in [4.78, 5) is 2.47. The minimum absolute atomic E-state index is 0.0985. The van der Waals surface area contributed by atoms with Crippen molar-refractivity contribution in [1.29, 1.82) is 0 Å². The van der Waals surface area contributed by atoms with E-state index in [-0.39, 0.29) is 11.5 Å². The van der Waals surface area contributed by atoms with E-state index >= 15 is 0 Å². The third kappa shape index (κ3) is 3.62. The predicted molar refractivity (Wildman–Crippen MR) is 71.7 cm³/mol. The second kappa shape index (κ2) is 6.07. The van der Waals surface area contributed by atoms with E-state index in [4.69, 9.17) is 0 Å². The molecule has 0 amide bonds. The molecule has 18 heavy (non-hydrogen) atoms. The number of phenolic OH excluding ortho intramolecular Hbond substituents is 2. The van der Waals surface area contributed by atoms with E-state index in [0.717, 1.165) is 12.1 Å². The zero-order valence-corrected chi connectivity index (χ0v) is 10.9. The number of nitrogens with one attached hydrogen (secondary N) is 1. The Morgan fingerprint density at radius 1 is 1.28 bits per heavy atom. The molecule has 1 aliphatic rings. The highest BCUT2D eigenvalue weighted by molar-refractivity contribution is 5.38. The molecule has 1 unspecified atom stereocenters. The highest BCUT2D eigenvalue weighted by Crippen LogP contribution is 2.22. The van der Waals surface area contributed by atoms with E-state index in [1.54, 1.807) is 12.1 Å². The van der Waals surface area contributed by atoms with Gasteiger partial charge in [0.15, 0.2) is 0 Å². The van der Waals surface area contributed by atoms with Crippen molar-refractivity contribution in [2.45, 2.75) is 32.4 Å². The third-order valence-electron chi connectivity index (χ3n) is 3.44. The fraction of sp³-hybridized carbons (Fsp3) is 0.571. The Labute approximate surface area is 108 Å². The monoisotopic (exact) mass is 250 g/mol. The quantitative estimate of drug-likeness (QED) is 0.744. The highest BCUT2D eigenvalue weighted by atomic mass is 16.3. The number of hydrogen-bond donors (Lipinski definition) is 3. The fourth-order valence-corrected chi connectivity index (χ4v) is 2.40. The topological polar surface area (TPSA) is 55.7 Å². The minimum Gasteiger partial charge on any atom is -0.508 e. The summed E-state index contributed by atoms with van der Waals surface area (Å²) < 4.78 is 0. The van der Waals surface area contributed by atoms with Crippen molar-refractivity contribution in [2.24, 2.45) is 0 Å². The van der Waals surface area contributed by atoms with Crippen LogP contribution in [-0.4, -0.2) is 40.8 Å². The van der Waals surface area contributed by atoms with Crippen molar-refractivity contribution in [3.63, 3.8) is 0 Å². The van der Waals surface area contributed by atoms with Crippen LogP contribution in [0.25, 0.3) is 0 Å². The van der Waals surface area contributed by atoms with Gasteiger partial charge in [-0.3, -0.25) is 0 Å². The number of nitrogens with zero attached hydrogens (tertiary/aromatic N) is 1. The lowest BCUT2D eigenvalue weighted by atomic mass is 10.2. The van der Waals surface area contributed by atoms with Crippen LogP contribution in [0.15, 0.2) is 18.2 Å². The molecule has 4 heteroatoms. The number of aromatic hydroxyl groups is 2. The Hall–Kier alpha value is -1.26. The first kappa shape index (κ1) is 13.2. The first-order valence-corrected chi connectivity index (χ1v) is 6.62. The molecule has 4 nitrogen and oxygen atoms in total. The lowest BCUT2D eigenvalue weighted by Crippen LogP contribution is -2.37. The summed E-state index contributed by atoms with van der Waals surface area (Å²) in [6.07, 6.45) is 2.62. The first-order valence-electron chi connectivity index (χ1n) is 6.62. The van der Waals surface area contributed by atoms with Crippen LogP contribution in [0, 0.1) is 0 Å². The average Bonchev–Trinajstić information content (AvgIpc) is 2.80. The van der Waals surface area contributed by atoms with Gasteiger partial charge in [0.05, 0.1) is 0 Å². The maximum Gasteiger partial charge on any atom is 0.123 e. The maximum absolute atomic E-state index is 9.68. The van der Waals surface area contributed by atoms with E-state index in [2.05, 4.69) is 17.1 Å². The molecule has 1 atom stereocenters. The Bertz CT molecular complexity index is 389. The molecule has 0 bridgehead atoms. The van der Waals surface area contributed by atoms with Crippen molar-refractivity contribution in [3.05, 3.63) is 23.8 Å². The van der Waals surface area contributed by atoms with Gasteiger partial charge in [0.2, 0.25) is 0 Å². The summed E-state index contributed by atoms with van der Waals surface area (Å²) in [7, 11) is 0. The summed E-state index contributed by atoms with van der Waals surface area (Å²) in [5.41, 5.74) is 0.820. The Balaban J connectivity index is 1.79. The molecule has 2 rings (SSSR count). The van der Waals surface area contributed by atoms with Crippen molar-refractivity contribution in [2.75, 3.05) is 19.6 Å². The number of phenols is 2. The molecule has 1 aromatic rings.